The minimum atomic E-state index is -1.73. The Morgan fingerprint density at radius 1 is 1.30 bits per heavy atom. The number of aliphatic hydroxyl groups excluding tert-OH is 1. The number of ether oxygens (including phenoxy) is 1. The minimum Gasteiger partial charge on any atom is -0.491 e. The second-order valence-electron chi connectivity index (χ2n) is 4.65. The third-order valence-electron chi connectivity index (χ3n) is 3.19. The third-order valence-corrected chi connectivity index (χ3v) is 3.19. The zero-order valence-corrected chi connectivity index (χ0v) is 11.0. The molecule has 1 aromatic carbocycles. The second-order valence-corrected chi connectivity index (χ2v) is 4.65. The quantitative estimate of drug-likeness (QED) is 0.496. The van der Waals surface area contributed by atoms with Crippen LogP contribution in [0.4, 0.5) is 0 Å². The summed E-state index contributed by atoms with van der Waals surface area (Å²) in [5, 5.41) is 21.3. The molecule has 0 aromatic heterocycles. The lowest BCUT2D eigenvalue weighted by molar-refractivity contribution is -0.134. The van der Waals surface area contributed by atoms with Crippen molar-refractivity contribution < 1.29 is 24.5 Å². The van der Waals surface area contributed by atoms with Crippen molar-refractivity contribution in [3.05, 3.63) is 29.8 Å². The molecule has 0 spiro atoms. The zero-order valence-electron chi connectivity index (χ0n) is 11.0. The Bertz CT molecular complexity index is 491. The van der Waals surface area contributed by atoms with Crippen LogP contribution in [0.15, 0.2) is 24.3 Å². The van der Waals surface area contributed by atoms with Crippen molar-refractivity contribution in [3.63, 3.8) is 0 Å². The average Bonchev–Trinajstić information content (AvgIpc) is 2.92. The smallest absolute Gasteiger partial charge is 0.249 e. The first-order valence-corrected chi connectivity index (χ1v) is 6.47. The van der Waals surface area contributed by atoms with Gasteiger partial charge < -0.3 is 14.9 Å². The molecule has 1 atom stereocenters. The number of rotatable bonds is 6. The molecule has 1 heterocycles. The molecule has 1 saturated heterocycles. The molecule has 20 heavy (non-hydrogen) atoms. The molecule has 1 aliphatic heterocycles. The molecule has 1 aliphatic rings. The maximum absolute atomic E-state index is 12.0. The van der Waals surface area contributed by atoms with Gasteiger partial charge in [0.15, 0.2) is 5.72 Å². The van der Waals surface area contributed by atoms with Crippen molar-refractivity contribution >= 4 is 11.6 Å². The lowest BCUT2D eigenvalue weighted by Gasteiger charge is -2.19. The zero-order chi connectivity index (χ0) is 14.6. The van der Waals surface area contributed by atoms with Gasteiger partial charge in [0.25, 0.3) is 0 Å². The van der Waals surface area contributed by atoms with Crippen LogP contribution in [-0.4, -0.2) is 47.3 Å². The van der Waals surface area contributed by atoms with Crippen molar-refractivity contribution in [2.75, 3.05) is 19.8 Å². The van der Waals surface area contributed by atoms with Crippen molar-refractivity contribution in [3.8, 4) is 5.75 Å². The number of nitrogens with one attached hydrogen (secondary N) is 1. The molecule has 1 unspecified atom stereocenters. The van der Waals surface area contributed by atoms with Gasteiger partial charge in [0.2, 0.25) is 11.6 Å². The lowest BCUT2D eigenvalue weighted by atomic mass is 9.98. The molecular formula is C14H17NO5. The molecule has 6 heteroatoms. The predicted octanol–water partition coefficient (Wildman–Crippen LogP) is -0.119. The van der Waals surface area contributed by atoms with Crippen molar-refractivity contribution in [1.82, 2.24) is 5.32 Å². The molecular weight excluding hydrogens is 262 g/mol. The summed E-state index contributed by atoms with van der Waals surface area (Å²) in [7, 11) is 0. The molecule has 1 fully saturated rings. The van der Waals surface area contributed by atoms with E-state index in [0.29, 0.717) is 18.7 Å². The average molecular weight is 279 g/mol. The second kappa shape index (κ2) is 6.13. The molecule has 0 amide bonds. The number of carbonyl (C=O) groups excluding carboxylic acids is 2. The Hall–Kier alpha value is -1.76. The summed E-state index contributed by atoms with van der Waals surface area (Å²) in [6.07, 6.45) is 0.902. The van der Waals surface area contributed by atoms with E-state index >= 15 is 0 Å². The normalized spacial score (nSPS) is 21.7. The van der Waals surface area contributed by atoms with E-state index in [0.717, 1.165) is 0 Å². The lowest BCUT2D eigenvalue weighted by Crippen LogP contribution is -2.50. The van der Waals surface area contributed by atoms with E-state index in [1.807, 2.05) is 0 Å². The van der Waals surface area contributed by atoms with Gasteiger partial charge in [0.05, 0.1) is 6.61 Å². The molecule has 108 valence electrons. The summed E-state index contributed by atoms with van der Waals surface area (Å²) < 4.78 is 5.16. The predicted molar refractivity (Wildman–Crippen MR) is 70.5 cm³/mol. The van der Waals surface area contributed by atoms with Crippen molar-refractivity contribution in [2.24, 2.45) is 0 Å². The van der Waals surface area contributed by atoms with E-state index in [1.54, 1.807) is 12.1 Å². The SMILES string of the molecule is O=C(C(=O)C1(O)CCCN1)c1ccc(OCCO)cc1. The monoisotopic (exact) mass is 279 g/mol. The summed E-state index contributed by atoms with van der Waals surface area (Å²) in [4.78, 5) is 24.0. The van der Waals surface area contributed by atoms with Crippen molar-refractivity contribution in [2.45, 2.75) is 18.6 Å². The van der Waals surface area contributed by atoms with Crippen LogP contribution < -0.4 is 10.1 Å². The summed E-state index contributed by atoms with van der Waals surface area (Å²) in [5.41, 5.74) is -1.53. The van der Waals surface area contributed by atoms with Gasteiger partial charge in [0, 0.05) is 5.56 Å². The highest BCUT2D eigenvalue weighted by molar-refractivity contribution is 6.46. The highest BCUT2D eigenvalue weighted by atomic mass is 16.5. The number of ketones is 2. The van der Waals surface area contributed by atoms with Gasteiger partial charge in [-0.2, -0.15) is 0 Å². The van der Waals surface area contributed by atoms with E-state index in [1.165, 1.54) is 12.1 Å². The van der Waals surface area contributed by atoms with Gasteiger partial charge in [-0.1, -0.05) is 0 Å². The summed E-state index contributed by atoms with van der Waals surface area (Å²) in [5.74, 6) is -1.06. The Morgan fingerprint density at radius 3 is 2.55 bits per heavy atom. The fourth-order valence-electron chi connectivity index (χ4n) is 2.11. The van der Waals surface area contributed by atoms with E-state index in [4.69, 9.17) is 9.84 Å². The third kappa shape index (κ3) is 3.04. The first-order valence-electron chi connectivity index (χ1n) is 6.47. The van der Waals surface area contributed by atoms with E-state index < -0.39 is 17.3 Å². The van der Waals surface area contributed by atoms with Crippen LogP contribution in [0.3, 0.4) is 0 Å². The van der Waals surface area contributed by atoms with Crippen LogP contribution in [0.2, 0.25) is 0 Å². The molecule has 6 nitrogen and oxygen atoms in total. The van der Waals surface area contributed by atoms with Gasteiger partial charge in [-0.05, 0) is 43.7 Å². The molecule has 0 saturated carbocycles. The van der Waals surface area contributed by atoms with Gasteiger partial charge in [0.1, 0.15) is 12.4 Å². The number of carbonyl (C=O) groups is 2. The number of aliphatic hydroxyl groups is 2. The van der Waals surface area contributed by atoms with E-state index in [9.17, 15) is 14.7 Å². The van der Waals surface area contributed by atoms with Gasteiger partial charge in [-0.3, -0.25) is 14.9 Å². The van der Waals surface area contributed by atoms with Crippen molar-refractivity contribution in [1.29, 1.82) is 0 Å². The molecule has 2 rings (SSSR count). The largest absolute Gasteiger partial charge is 0.491 e. The Balaban J connectivity index is 2.07. The van der Waals surface area contributed by atoms with Crippen LogP contribution in [0.5, 0.6) is 5.75 Å². The maximum atomic E-state index is 12.0. The number of Topliss-reactive ketones (excluding diaryl/α,β-unsaturated/α-hetero) is 2. The summed E-state index contributed by atoms with van der Waals surface area (Å²) in [6.45, 7) is 0.581. The Labute approximate surface area is 116 Å². The fourth-order valence-corrected chi connectivity index (χ4v) is 2.11. The maximum Gasteiger partial charge on any atom is 0.249 e. The highest BCUT2D eigenvalue weighted by Gasteiger charge is 2.42. The van der Waals surface area contributed by atoms with Gasteiger partial charge in [-0.25, -0.2) is 0 Å². The number of hydrogen-bond donors (Lipinski definition) is 3. The highest BCUT2D eigenvalue weighted by Crippen LogP contribution is 2.20. The first-order chi connectivity index (χ1) is 9.57. The van der Waals surface area contributed by atoms with Gasteiger partial charge >= 0.3 is 0 Å². The number of hydrogen-bond acceptors (Lipinski definition) is 6. The Kier molecular flexibility index (Phi) is 4.49. The van der Waals surface area contributed by atoms with Crippen LogP contribution in [-0.2, 0) is 4.79 Å². The topological polar surface area (TPSA) is 95.9 Å². The first kappa shape index (κ1) is 14.6. The number of benzene rings is 1. The van der Waals surface area contributed by atoms with Crippen LogP contribution in [0.25, 0.3) is 0 Å². The summed E-state index contributed by atoms with van der Waals surface area (Å²) >= 11 is 0. The minimum absolute atomic E-state index is 0.0993. The molecule has 3 N–H and O–H groups in total. The standard InChI is InChI=1S/C14H17NO5/c16-8-9-20-11-4-2-10(3-5-11)12(17)13(18)14(19)6-1-7-15-14/h2-5,15-16,19H,1,6-9H2. The van der Waals surface area contributed by atoms with Crippen LogP contribution >= 0.6 is 0 Å². The molecule has 0 bridgehead atoms. The summed E-state index contributed by atoms with van der Waals surface area (Å²) in [6, 6.07) is 6.01. The molecule has 0 aliphatic carbocycles. The molecule has 1 aromatic rings. The molecule has 0 radical (unpaired) electrons. The fraction of sp³-hybridized carbons (Fsp3) is 0.429. The van der Waals surface area contributed by atoms with E-state index in [-0.39, 0.29) is 25.2 Å². The van der Waals surface area contributed by atoms with Gasteiger partial charge in [-0.15, -0.1) is 0 Å². The van der Waals surface area contributed by atoms with Crippen LogP contribution in [0, 0.1) is 0 Å². The van der Waals surface area contributed by atoms with E-state index in [2.05, 4.69) is 5.32 Å². The Morgan fingerprint density at radius 2 is 2.00 bits per heavy atom. The van der Waals surface area contributed by atoms with Crippen LogP contribution in [0.1, 0.15) is 23.2 Å².